The van der Waals surface area contributed by atoms with Crippen molar-refractivity contribution in [3.8, 4) is 6.07 Å². The van der Waals surface area contributed by atoms with Crippen molar-refractivity contribution in [2.75, 3.05) is 16.6 Å². The fraction of sp³-hybridized carbons (Fsp3) is 0.273. The van der Waals surface area contributed by atoms with Gasteiger partial charge in [-0.15, -0.1) is 0 Å². The summed E-state index contributed by atoms with van der Waals surface area (Å²) >= 11 is 0. The van der Waals surface area contributed by atoms with Crippen molar-refractivity contribution >= 4 is 42.4 Å². The molecular weight excluding hydrogens is 450 g/mol. The molecule has 0 saturated carbocycles. The summed E-state index contributed by atoms with van der Waals surface area (Å²) in [5.74, 6) is -0.605. The van der Waals surface area contributed by atoms with E-state index in [0.29, 0.717) is 29.6 Å². The number of ketones is 1. The van der Waals surface area contributed by atoms with Gasteiger partial charge in [0.25, 0.3) is 10.0 Å². The van der Waals surface area contributed by atoms with Gasteiger partial charge in [0.1, 0.15) is 12.1 Å². The van der Waals surface area contributed by atoms with Gasteiger partial charge in [0.15, 0.2) is 5.78 Å². The third-order valence-corrected chi connectivity index (χ3v) is 9.12. The zero-order valence-electron chi connectivity index (χ0n) is 17.6. The molecule has 0 unspecified atom stereocenters. The first-order chi connectivity index (χ1) is 15.1. The van der Waals surface area contributed by atoms with Crippen LogP contribution in [0.4, 0.5) is 5.69 Å². The minimum Gasteiger partial charge on any atom is -0.291 e. The molecule has 1 saturated heterocycles. The largest absolute Gasteiger partial charge is 0.291 e. The summed E-state index contributed by atoms with van der Waals surface area (Å²) in [6.07, 6.45) is 0.000472. The Balaban J connectivity index is 2.03. The van der Waals surface area contributed by atoms with E-state index in [1.165, 1.54) is 28.6 Å². The van der Waals surface area contributed by atoms with Gasteiger partial charge in [0.05, 0.1) is 27.9 Å². The van der Waals surface area contributed by atoms with Crippen LogP contribution < -0.4 is 4.31 Å². The normalized spacial score (nSPS) is 15.7. The number of rotatable bonds is 5. The first-order valence-electron chi connectivity index (χ1n) is 9.95. The highest BCUT2D eigenvalue weighted by molar-refractivity contribution is 7.93. The average Bonchev–Trinajstić information content (AvgIpc) is 3.27. The quantitative estimate of drug-likeness (QED) is 0.528. The number of nitrogens with zero attached hydrogens (tertiary/aromatic N) is 3. The first kappa shape index (κ1) is 22.0. The van der Waals surface area contributed by atoms with Gasteiger partial charge in [-0.3, -0.25) is 9.10 Å². The number of hydrogen-bond acceptors (Lipinski definition) is 6. The Bertz CT molecular complexity index is 1500. The van der Waals surface area contributed by atoms with Gasteiger partial charge in [-0.2, -0.15) is 5.26 Å². The molecule has 0 radical (unpaired) electrons. The van der Waals surface area contributed by atoms with E-state index in [-0.39, 0.29) is 21.9 Å². The molecule has 1 aliphatic rings. The summed E-state index contributed by atoms with van der Waals surface area (Å²) in [5, 5.41) is 9.47. The SMILES string of the molecule is Cc1ccc(S(=O)(=O)n2c(C(=O)CC#N)cc3cc(C)c(N4CCCS4(=O)=O)cc32)cc1. The van der Waals surface area contributed by atoms with E-state index >= 15 is 0 Å². The number of fused-ring (bicyclic) bond motifs is 1. The maximum atomic E-state index is 13.6. The van der Waals surface area contributed by atoms with Crippen molar-refractivity contribution in [1.29, 1.82) is 5.26 Å². The Morgan fingerprint density at radius 3 is 2.41 bits per heavy atom. The number of benzene rings is 2. The second kappa shape index (κ2) is 7.76. The van der Waals surface area contributed by atoms with Gasteiger partial charge in [0, 0.05) is 11.9 Å². The average molecular weight is 472 g/mol. The Morgan fingerprint density at radius 2 is 1.81 bits per heavy atom. The van der Waals surface area contributed by atoms with Gasteiger partial charge in [-0.05, 0) is 56.2 Å². The van der Waals surface area contributed by atoms with E-state index in [2.05, 4.69) is 0 Å². The maximum Gasteiger partial charge on any atom is 0.268 e. The van der Waals surface area contributed by atoms with Crippen molar-refractivity contribution < 1.29 is 21.6 Å². The van der Waals surface area contributed by atoms with Gasteiger partial charge < -0.3 is 0 Å². The van der Waals surface area contributed by atoms with Crippen LogP contribution in [0.25, 0.3) is 10.9 Å². The van der Waals surface area contributed by atoms with E-state index in [0.717, 1.165) is 9.54 Å². The summed E-state index contributed by atoms with van der Waals surface area (Å²) in [5.41, 5.74) is 1.96. The highest BCUT2D eigenvalue weighted by atomic mass is 32.2. The molecule has 8 nitrogen and oxygen atoms in total. The van der Waals surface area contributed by atoms with Gasteiger partial charge in [-0.25, -0.2) is 20.8 Å². The van der Waals surface area contributed by atoms with Crippen molar-refractivity contribution in [3.63, 3.8) is 0 Å². The molecular formula is C22H21N3O5S2. The maximum absolute atomic E-state index is 13.6. The van der Waals surface area contributed by atoms with Crippen LogP contribution in [-0.2, 0) is 20.0 Å². The molecule has 0 amide bonds. The molecule has 4 rings (SSSR count). The zero-order valence-corrected chi connectivity index (χ0v) is 19.2. The number of Topliss-reactive ketones (excluding diaryl/α,β-unsaturated/α-hetero) is 1. The number of carbonyl (C=O) groups excluding carboxylic acids is 1. The molecule has 1 fully saturated rings. The Labute approximate surface area is 186 Å². The van der Waals surface area contributed by atoms with Gasteiger partial charge in [-0.1, -0.05) is 17.7 Å². The van der Waals surface area contributed by atoms with Gasteiger partial charge in [0.2, 0.25) is 10.0 Å². The predicted octanol–water partition coefficient (Wildman–Crippen LogP) is 3.13. The standard InChI is InChI=1S/C22H21N3O5S2/c1-15-4-6-18(7-5-15)32(29,30)25-20-14-19(24-10-3-11-31(24,27)28)16(2)12-17(20)13-21(25)22(26)8-9-23/h4-7,12-14H,3,8,10-11H2,1-2H3. The second-order valence-corrected chi connectivity index (χ2v) is 11.6. The zero-order chi connectivity index (χ0) is 23.3. The Kier molecular flexibility index (Phi) is 5.35. The first-order valence-corrected chi connectivity index (χ1v) is 13.0. The Morgan fingerprint density at radius 1 is 1.12 bits per heavy atom. The Hall–Kier alpha value is -3.16. The molecule has 0 aliphatic carbocycles. The van der Waals surface area contributed by atoms with E-state index in [1.807, 2.05) is 6.92 Å². The van der Waals surface area contributed by atoms with E-state index < -0.39 is 32.3 Å². The molecule has 10 heteroatoms. The topological polar surface area (TPSA) is 117 Å². The van der Waals surface area contributed by atoms with Crippen LogP contribution in [0.5, 0.6) is 0 Å². The van der Waals surface area contributed by atoms with Crippen LogP contribution in [0.15, 0.2) is 47.4 Å². The van der Waals surface area contributed by atoms with E-state index in [4.69, 9.17) is 5.26 Å². The number of carbonyl (C=O) groups is 1. The number of aromatic nitrogens is 1. The monoisotopic (exact) mass is 471 g/mol. The second-order valence-electron chi connectivity index (χ2n) is 7.81. The van der Waals surface area contributed by atoms with Crippen LogP contribution in [-0.4, -0.2) is 38.9 Å². The smallest absolute Gasteiger partial charge is 0.268 e. The van der Waals surface area contributed by atoms with Crippen molar-refractivity contribution in [3.05, 3.63) is 59.3 Å². The van der Waals surface area contributed by atoms with Gasteiger partial charge >= 0.3 is 0 Å². The fourth-order valence-corrected chi connectivity index (χ4v) is 7.08. The van der Waals surface area contributed by atoms with Crippen molar-refractivity contribution in [2.24, 2.45) is 0 Å². The molecule has 32 heavy (non-hydrogen) atoms. The number of anilines is 1. The number of aryl methyl sites for hydroxylation is 2. The molecule has 1 aliphatic heterocycles. The number of hydrogen-bond donors (Lipinski definition) is 0. The third-order valence-electron chi connectivity index (χ3n) is 5.53. The van der Waals surface area contributed by atoms with Crippen molar-refractivity contribution in [2.45, 2.75) is 31.6 Å². The van der Waals surface area contributed by atoms with Crippen LogP contribution in [0, 0.1) is 25.2 Å². The lowest BCUT2D eigenvalue weighted by atomic mass is 10.1. The third kappa shape index (κ3) is 3.57. The molecule has 2 aromatic carbocycles. The van der Waals surface area contributed by atoms with Crippen LogP contribution in [0.2, 0.25) is 0 Å². The minimum absolute atomic E-state index is 0.0115. The molecule has 3 aromatic rings. The molecule has 1 aromatic heterocycles. The highest BCUT2D eigenvalue weighted by Gasteiger charge is 2.32. The summed E-state index contributed by atoms with van der Waals surface area (Å²) in [7, 11) is -7.69. The molecule has 0 spiro atoms. The molecule has 0 atom stereocenters. The molecule has 166 valence electrons. The summed E-state index contributed by atoms with van der Waals surface area (Å²) in [6.45, 7) is 3.88. The number of sulfonamides is 1. The molecule has 0 bridgehead atoms. The summed E-state index contributed by atoms with van der Waals surface area (Å²) in [4.78, 5) is 12.7. The van der Waals surface area contributed by atoms with Crippen LogP contribution in [0.1, 0.15) is 34.5 Å². The van der Waals surface area contributed by atoms with Crippen LogP contribution >= 0.6 is 0 Å². The lowest BCUT2D eigenvalue weighted by molar-refractivity contribution is 0.0992. The highest BCUT2D eigenvalue weighted by Crippen LogP contribution is 2.35. The van der Waals surface area contributed by atoms with E-state index in [9.17, 15) is 21.6 Å². The lowest BCUT2D eigenvalue weighted by Gasteiger charge is -2.20. The number of nitriles is 1. The summed E-state index contributed by atoms with van der Waals surface area (Å²) in [6, 6.07) is 12.6. The fourth-order valence-electron chi connectivity index (χ4n) is 3.94. The predicted molar refractivity (Wildman–Crippen MR) is 121 cm³/mol. The van der Waals surface area contributed by atoms with E-state index in [1.54, 1.807) is 31.2 Å². The molecule has 2 heterocycles. The lowest BCUT2D eigenvalue weighted by Crippen LogP contribution is -2.26. The van der Waals surface area contributed by atoms with Crippen molar-refractivity contribution in [1.82, 2.24) is 3.97 Å². The minimum atomic E-state index is -4.20. The summed E-state index contributed by atoms with van der Waals surface area (Å²) < 4.78 is 54.4. The van der Waals surface area contributed by atoms with Crippen LogP contribution in [0.3, 0.4) is 0 Å². The molecule has 0 N–H and O–H groups in total.